The normalized spacial score (nSPS) is 13.8. The van der Waals surface area contributed by atoms with Crippen molar-refractivity contribution in [2.45, 2.75) is 13.0 Å². The molecule has 5 nitrogen and oxygen atoms in total. The molecule has 1 aromatic heterocycles. The molecule has 1 aliphatic rings. The van der Waals surface area contributed by atoms with E-state index >= 15 is 0 Å². The van der Waals surface area contributed by atoms with Crippen molar-refractivity contribution in [1.29, 1.82) is 0 Å². The van der Waals surface area contributed by atoms with Gasteiger partial charge >= 0.3 is 5.97 Å². The van der Waals surface area contributed by atoms with E-state index in [1.807, 2.05) is 18.2 Å². The first-order valence-electron chi connectivity index (χ1n) is 5.27. The maximum Gasteiger partial charge on any atom is 0.323 e. The lowest BCUT2D eigenvalue weighted by Gasteiger charge is -2.12. The Morgan fingerprint density at radius 1 is 1.47 bits per heavy atom. The molecule has 0 fully saturated rings. The van der Waals surface area contributed by atoms with Crippen molar-refractivity contribution >= 4 is 28.5 Å². The Bertz CT molecular complexity index is 642. The second-order valence-corrected chi connectivity index (χ2v) is 4.10. The number of anilines is 1. The first kappa shape index (κ1) is 9.89. The van der Waals surface area contributed by atoms with Gasteiger partial charge in [-0.05, 0) is 17.7 Å². The van der Waals surface area contributed by atoms with Crippen LogP contribution >= 0.6 is 0 Å². The van der Waals surface area contributed by atoms with Crippen molar-refractivity contribution in [1.82, 2.24) is 4.57 Å². The van der Waals surface area contributed by atoms with Crippen LogP contribution in [0.2, 0.25) is 0 Å². The maximum absolute atomic E-state index is 11.5. The zero-order valence-electron chi connectivity index (χ0n) is 8.93. The van der Waals surface area contributed by atoms with Crippen molar-refractivity contribution in [3.05, 3.63) is 30.0 Å². The molecule has 2 heterocycles. The van der Waals surface area contributed by atoms with Gasteiger partial charge in [-0.1, -0.05) is 6.07 Å². The van der Waals surface area contributed by atoms with Gasteiger partial charge in [0.05, 0.1) is 17.6 Å². The molecule has 1 aliphatic heterocycles. The maximum atomic E-state index is 11.5. The molecule has 0 spiro atoms. The predicted molar refractivity (Wildman–Crippen MR) is 61.9 cm³/mol. The SMILES string of the molecule is O=C(O)Cn1cc2c3c(cccc31)NC(=O)C2. The van der Waals surface area contributed by atoms with Crippen LogP contribution < -0.4 is 5.32 Å². The third-order valence-electron chi connectivity index (χ3n) is 2.92. The highest BCUT2D eigenvalue weighted by Gasteiger charge is 2.20. The summed E-state index contributed by atoms with van der Waals surface area (Å²) in [6.07, 6.45) is 2.06. The summed E-state index contributed by atoms with van der Waals surface area (Å²) in [6, 6.07) is 5.50. The zero-order valence-corrected chi connectivity index (χ0v) is 8.93. The Balaban J connectivity index is 2.26. The van der Waals surface area contributed by atoms with E-state index in [4.69, 9.17) is 5.11 Å². The zero-order chi connectivity index (χ0) is 12.0. The molecule has 86 valence electrons. The van der Waals surface area contributed by atoms with Crippen molar-refractivity contribution in [3.63, 3.8) is 0 Å². The average Bonchev–Trinajstić information content (AvgIpc) is 2.57. The number of carboxylic acids is 1. The number of aromatic nitrogens is 1. The number of carbonyl (C=O) groups is 2. The Hall–Kier alpha value is -2.30. The Kier molecular flexibility index (Phi) is 1.95. The molecule has 0 radical (unpaired) electrons. The quantitative estimate of drug-likeness (QED) is 0.814. The molecule has 0 saturated heterocycles. The summed E-state index contributed by atoms with van der Waals surface area (Å²) in [5.74, 6) is -0.949. The Morgan fingerprint density at radius 3 is 3.06 bits per heavy atom. The van der Waals surface area contributed by atoms with Gasteiger partial charge in [0, 0.05) is 11.6 Å². The number of carboxylic acid groups (broad SMARTS) is 1. The van der Waals surface area contributed by atoms with Crippen LogP contribution in [0.1, 0.15) is 5.56 Å². The molecule has 1 aromatic carbocycles. The standard InChI is InChI=1S/C12H10N2O3/c15-10-4-7-5-14(6-11(16)17)9-3-1-2-8(13-10)12(7)9/h1-3,5H,4,6H2,(H,13,15)(H,16,17). The molecule has 1 amide bonds. The van der Waals surface area contributed by atoms with E-state index < -0.39 is 5.97 Å². The van der Waals surface area contributed by atoms with Crippen LogP contribution in [0, 0.1) is 0 Å². The minimum atomic E-state index is -0.891. The number of hydrogen-bond acceptors (Lipinski definition) is 2. The number of aliphatic carboxylic acids is 1. The van der Waals surface area contributed by atoms with Crippen LogP contribution in [0.25, 0.3) is 10.9 Å². The van der Waals surface area contributed by atoms with Crippen molar-refractivity contribution < 1.29 is 14.7 Å². The fraction of sp³-hybridized carbons (Fsp3) is 0.167. The van der Waals surface area contributed by atoms with Gasteiger partial charge in [0.15, 0.2) is 0 Å². The summed E-state index contributed by atoms with van der Waals surface area (Å²) in [7, 11) is 0. The van der Waals surface area contributed by atoms with Gasteiger partial charge in [-0.2, -0.15) is 0 Å². The van der Waals surface area contributed by atoms with Crippen molar-refractivity contribution in [2.24, 2.45) is 0 Å². The number of nitrogens with zero attached hydrogens (tertiary/aromatic N) is 1. The highest BCUT2D eigenvalue weighted by molar-refractivity contribution is 6.09. The monoisotopic (exact) mass is 230 g/mol. The molecular weight excluding hydrogens is 220 g/mol. The van der Waals surface area contributed by atoms with Crippen LogP contribution in [0.15, 0.2) is 24.4 Å². The van der Waals surface area contributed by atoms with E-state index in [1.165, 1.54) is 0 Å². The average molecular weight is 230 g/mol. The van der Waals surface area contributed by atoms with E-state index in [0.717, 1.165) is 22.2 Å². The van der Waals surface area contributed by atoms with E-state index in [9.17, 15) is 9.59 Å². The van der Waals surface area contributed by atoms with Gasteiger partial charge in [-0.25, -0.2) is 0 Å². The molecular formula is C12H10N2O3. The summed E-state index contributed by atoms with van der Waals surface area (Å²) < 4.78 is 1.66. The molecule has 2 aromatic rings. The van der Waals surface area contributed by atoms with Gasteiger partial charge < -0.3 is 15.0 Å². The number of amides is 1. The first-order chi connectivity index (χ1) is 8.15. The lowest BCUT2D eigenvalue weighted by molar-refractivity contribution is -0.137. The molecule has 17 heavy (non-hydrogen) atoms. The molecule has 0 atom stereocenters. The number of benzene rings is 1. The van der Waals surface area contributed by atoms with Crippen LogP contribution in [0.5, 0.6) is 0 Å². The van der Waals surface area contributed by atoms with E-state index in [-0.39, 0.29) is 12.5 Å². The van der Waals surface area contributed by atoms with Gasteiger partial charge in [-0.3, -0.25) is 9.59 Å². The van der Waals surface area contributed by atoms with Crippen molar-refractivity contribution in [3.8, 4) is 0 Å². The third-order valence-corrected chi connectivity index (χ3v) is 2.92. The number of hydrogen-bond donors (Lipinski definition) is 2. The lowest BCUT2D eigenvalue weighted by atomic mass is 10.0. The van der Waals surface area contributed by atoms with Crippen LogP contribution in [-0.2, 0) is 22.6 Å². The van der Waals surface area contributed by atoms with Crippen LogP contribution in [0.4, 0.5) is 5.69 Å². The number of rotatable bonds is 2. The molecule has 0 bridgehead atoms. The highest BCUT2D eigenvalue weighted by Crippen LogP contribution is 2.32. The molecule has 3 rings (SSSR count). The Labute approximate surface area is 96.7 Å². The largest absolute Gasteiger partial charge is 0.480 e. The minimum absolute atomic E-state index is 0.0573. The third kappa shape index (κ3) is 1.47. The second-order valence-electron chi connectivity index (χ2n) is 4.10. The first-order valence-corrected chi connectivity index (χ1v) is 5.27. The van der Waals surface area contributed by atoms with Crippen molar-refractivity contribution in [2.75, 3.05) is 5.32 Å². The highest BCUT2D eigenvalue weighted by atomic mass is 16.4. The Morgan fingerprint density at radius 2 is 2.29 bits per heavy atom. The molecule has 0 aliphatic carbocycles. The lowest BCUT2D eigenvalue weighted by Crippen LogP contribution is -2.18. The van der Waals surface area contributed by atoms with E-state index in [2.05, 4.69) is 5.32 Å². The summed E-state index contributed by atoms with van der Waals surface area (Å²) in [4.78, 5) is 22.2. The second kappa shape index (κ2) is 3.35. The van der Waals surface area contributed by atoms with Crippen LogP contribution in [-0.4, -0.2) is 21.6 Å². The predicted octanol–water partition coefficient (Wildman–Crippen LogP) is 1.22. The summed E-state index contributed by atoms with van der Waals surface area (Å²) in [5.41, 5.74) is 2.50. The van der Waals surface area contributed by atoms with Crippen LogP contribution in [0.3, 0.4) is 0 Å². The molecule has 0 unspecified atom stereocenters. The molecule has 5 heteroatoms. The van der Waals surface area contributed by atoms with Gasteiger partial charge in [0.1, 0.15) is 6.54 Å². The van der Waals surface area contributed by atoms with Gasteiger partial charge in [0.25, 0.3) is 0 Å². The molecule has 2 N–H and O–H groups in total. The summed E-state index contributed by atoms with van der Waals surface area (Å²) >= 11 is 0. The molecule has 0 saturated carbocycles. The fourth-order valence-electron chi connectivity index (χ4n) is 2.32. The smallest absolute Gasteiger partial charge is 0.323 e. The minimum Gasteiger partial charge on any atom is -0.480 e. The van der Waals surface area contributed by atoms with Gasteiger partial charge in [-0.15, -0.1) is 0 Å². The fourth-order valence-corrected chi connectivity index (χ4v) is 2.32. The van der Waals surface area contributed by atoms with Gasteiger partial charge in [0.2, 0.25) is 5.91 Å². The topological polar surface area (TPSA) is 71.3 Å². The number of nitrogens with one attached hydrogen (secondary N) is 1. The summed E-state index contributed by atoms with van der Waals surface area (Å²) in [6.45, 7) is -0.0891. The van der Waals surface area contributed by atoms with E-state index in [1.54, 1.807) is 10.8 Å². The summed E-state index contributed by atoms with van der Waals surface area (Å²) in [5, 5.41) is 12.6. The van der Waals surface area contributed by atoms with E-state index in [0.29, 0.717) is 6.42 Å². The number of carbonyl (C=O) groups excluding carboxylic acids is 1.